The number of carbonyl (C=O) groups is 2. The third kappa shape index (κ3) is 6.04. The largest absolute Gasteiger partial charge is 0.334 e. The van der Waals surface area contributed by atoms with Crippen LogP contribution < -0.4 is 16.0 Å². The van der Waals surface area contributed by atoms with E-state index in [1.54, 1.807) is 30.3 Å². The minimum absolute atomic E-state index is 0.00978. The van der Waals surface area contributed by atoms with Crippen LogP contribution in [0.5, 0.6) is 0 Å². The molecule has 0 aliphatic heterocycles. The quantitative estimate of drug-likeness (QED) is 0.698. The zero-order chi connectivity index (χ0) is 15.0. The Bertz CT molecular complexity index is 467. The van der Waals surface area contributed by atoms with Crippen molar-refractivity contribution in [1.29, 1.82) is 0 Å². The van der Waals surface area contributed by atoms with Crippen molar-refractivity contribution >= 4 is 23.3 Å². The van der Waals surface area contributed by atoms with Crippen molar-refractivity contribution in [3.05, 3.63) is 36.9 Å². The molecule has 1 rings (SSSR count). The second kappa shape index (κ2) is 7.99. The van der Waals surface area contributed by atoms with Gasteiger partial charge in [-0.05, 0) is 30.2 Å². The summed E-state index contributed by atoms with van der Waals surface area (Å²) in [5, 5.41) is 8.10. The molecule has 0 aliphatic rings. The first kappa shape index (κ1) is 15.8. The molecule has 108 valence electrons. The summed E-state index contributed by atoms with van der Waals surface area (Å²) in [5.74, 6) is 0.314. The molecule has 0 fully saturated rings. The molecule has 5 nitrogen and oxygen atoms in total. The van der Waals surface area contributed by atoms with Gasteiger partial charge in [0.1, 0.15) is 0 Å². The maximum absolute atomic E-state index is 11.6. The molecular weight excluding hydrogens is 254 g/mol. The second-order valence-corrected chi connectivity index (χ2v) is 4.85. The van der Waals surface area contributed by atoms with Crippen LogP contribution in [0.15, 0.2) is 36.9 Å². The zero-order valence-electron chi connectivity index (χ0n) is 11.9. The molecular formula is C15H21N3O2. The van der Waals surface area contributed by atoms with Gasteiger partial charge in [-0.3, -0.25) is 4.79 Å². The SMILES string of the molecule is C=CCNC(=O)Nc1ccc(NC(=O)CC(C)C)cc1. The average molecular weight is 275 g/mol. The summed E-state index contributed by atoms with van der Waals surface area (Å²) in [6.07, 6.45) is 2.09. The monoisotopic (exact) mass is 275 g/mol. The van der Waals surface area contributed by atoms with Crippen molar-refractivity contribution in [3.63, 3.8) is 0 Å². The topological polar surface area (TPSA) is 70.2 Å². The predicted octanol–water partition coefficient (Wildman–Crippen LogP) is 2.98. The van der Waals surface area contributed by atoms with E-state index in [1.807, 2.05) is 13.8 Å². The van der Waals surface area contributed by atoms with Gasteiger partial charge in [-0.25, -0.2) is 4.79 Å². The third-order valence-electron chi connectivity index (χ3n) is 2.43. The lowest BCUT2D eigenvalue weighted by Gasteiger charge is -2.09. The van der Waals surface area contributed by atoms with Crippen LogP contribution in [0.1, 0.15) is 20.3 Å². The number of benzene rings is 1. The van der Waals surface area contributed by atoms with Gasteiger partial charge in [0.15, 0.2) is 0 Å². The number of amides is 3. The number of rotatable bonds is 6. The van der Waals surface area contributed by atoms with Crippen LogP contribution in [-0.2, 0) is 4.79 Å². The number of hydrogen-bond donors (Lipinski definition) is 3. The zero-order valence-corrected chi connectivity index (χ0v) is 11.9. The lowest BCUT2D eigenvalue weighted by Crippen LogP contribution is -2.28. The molecule has 20 heavy (non-hydrogen) atoms. The Labute approximate surface area is 119 Å². The molecule has 0 unspecified atom stereocenters. The Morgan fingerprint density at radius 1 is 1.15 bits per heavy atom. The fraction of sp³-hybridized carbons (Fsp3) is 0.333. The predicted molar refractivity (Wildman–Crippen MR) is 81.7 cm³/mol. The lowest BCUT2D eigenvalue weighted by molar-refractivity contribution is -0.116. The van der Waals surface area contributed by atoms with Crippen LogP contribution in [0, 0.1) is 5.92 Å². The first-order chi connectivity index (χ1) is 9.51. The van der Waals surface area contributed by atoms with E-state index in [1.165, 1.54) is 0 Å². The normalized spacial score (nSPS) is 9.95. The molecule has 0 bridgehead atoms. The van der Waals surface area contributed by atoms with Crippen LogP contribution in [0.4, 0.5) is 16.2 Å². The van der Waals surface area contributed by atoms with Gasteiger partial charge in [0.2, 0.25) is 5.91 Å². The van der Waals surface area contributed by atoms with Gasteiger partial charge in [-0.15, -0.1) is 6.58 Å². The van der Waals surface area contributed by atoms with Gasteiger partial charge in [0.05, 0.1) is 0 Å². The molecule has 0 heterocycles. The van der Waals surface area contributed by atoms with Crippen LogP contribution in [0.2, 0.25) is 0 Å². The maximum Gasteiger partial charge on any atom is 0.319 e. The molecule has 0 atom stereocenters. The van der Waals surface area contributed by atoms with Crippen LogP contribution in [0.3, 0.4) is 0 Å². The highest BCUT2D eigenvalue weighted by molar-refractivity contribution is 5.92. The summed E-state index contributed by atoms with van der Waals surface area (Å²) in [6.45, 7) is 7.92. The van der Waals surface area contributed by atoms with E-state index in [4.69, 9.17) is 0 Å². The van der Waals surface area contributed by atoms with Gasteiger partial charge >= 0.3 is 6.03 Å². The molecule has 3 amide bonds. The van der Waals surface area contributed by atoms with Crippen molar-refractivity contribution < 1.29 is 9.59 Å². The molecule has 0 radical (unpaired) electrons. The lowest BCUT2D eigenvalue weighted by atomic mass is 10.1. The Hall–Kier alpha value is -2.30. The number of anilines is 2. The number of hydrogen-bond acceptors (Lipinski definition) is 2. The number of nitrogens with one attached hydrogen (secondary N) is 3. The smallest absolute Gasteiger partial charge is 0.319 e. The summed E-state index contributed by atoms with van der Waals surface area (Å²) < 4.78 is 0. The van der Waals surface area contributed by atoms with Gasteiger partial charge in [0.25, 0.3) is 0 Å². The van der Waals surface area contributed by atoms with Crippen LogP contribution in [0.25, 0.3) is 0 Å². The fourth-order valence-electron chi connectivity index (χ4n) is 1.56. The molecule has 0 spiro atoms. The van der Waals surface area contributed by atoms with Crippen molar-refractivity contribution in [2.45, 2.75) is 20.3 Å². The van der Waals surface area contributed by atoms with E-state index in [0.717, 1.165) is 0 Å². The van der Waals surface area contributed by atoms with Crippen molar-refractivity contribution in [1.82, 2.24) is 5.32 Å². The van der Waals surface area contributed by atoms with Gasteiger partial charge in [-0.2, -0.15) is 0 Å². The summed E-state index contributed by atoms with van der Waals surface area (Å²) in [5.41, 5.74) is 1.38. The van der Waals surface area contributed by atoms with Crippen molar-refractivity contribution in [3.8, 4) is 0 Å². The Morgan fingerprint density at radius 2 is 1.70 bits per heavy atom. The van der Waals surface area contributed by atoms with Crippen LogP contribution >= 0.6 is 0 Å². The highest BCUT2D eigenvalue weighted by Crippen LogP contribution is 2.14. The summed E-state index contributed by atoms with van der Waals surface area (Å²) in [7, 11) is 0. The standard InChI is InChI=1S/C15H21N3O2/c1-4-9-16-15(20)18-13-7-5-12(6-8-13)17-14(19)10-11(2)3/h4-8,11H,1,9-10H2,2-3H3,(H,17,19)(H2,16,18,20). The first-order valence-electron chi connectivity index (χ1n) is 6.57. The molecule has 3 N–H and O–H groups in total. The minimum Gasteiger partial charge on any atom is -0.334 e. The van der Waals surface area contributed by atoms with E-state index >= 15 is 0 Å². The summed E-state index contributed by atoms with van der Waals surface area (Å²) in [4.78, 5) is 23.0. The van der Waals surface area contributed by atoms with Gasteiger partial charge in [-0.1, -0.05) is 19.9 Å². The Morgan fingerprint density at radius 3 is 2.20 bits per heavy atom. The van der Waals surface area contributed by atoms with E-state index in [0.29, 0.717) is 30.3 Å². The Balaban J connectivity index is 2.49. The number of urea groups is 1. The van der Waals surface area contributed by atoms with E-state index < -0.39 is 0 Å². The average Bonchev–Trinajstić information content (AvgIpc) is 2.37. The summed E-state index contributed by atoms with van der Waals surface area (Å²) >= 11 is 0. The van der Waals surface area contributed by atoms with E-state index in [9.17, 15) is 9.59 Å². The number of carbonyl (C=O) groups excluding carboxylic acids is 2. The molecule has 1 aromatic rings. The van der Waals surface area contributed by atoms with Crippen LogP contribution in [-0.4, -0.2) is 18.5 Å². The molecule has 0 aliphatic carbocycles. The molecule has 0 saturated heterocycles. The third-order valence-corrected chi connectivity index (χ3v) is 2.43. The molecule has 1 aromatic carbocycles. The first-order valence-corrected chi connectivity index (χ1v) is 6.57. The highest BCUT2D eigenvalue weighted by Gasteiger charge is 2.05. The maximum atomic E-state index is 11.6. The van der Waals surface area contributed by atoms with Crippen molar-refractivity contribution in [2.24, 2.45) is 5.92 Å². The molecule has 5 heteroatoms. The van der Waals surface area contributed by atoms with Crippen molar-refractivity contribution in [2.75, 3.05) is 17.2 Å². The van der Waals surface area contributed by atoms with E-state index in [2.05, 4.69) is 22.5 Å². The molecule has 0 aromatic heterocycles. The Kier molecular flexibility index (Phi) is 6.29. The fourth-order valence-corrected chi connectivity index (χ4v) is 1.56. The minimum atomic E-state index is -0.290. The highest BCUT2D eigenvalue weighted by atomic mass is 16.2. The van der Waals surface area contributed by atoms with Gasteiger partial charge in [0, 0.05) is 24.3 Å². The molecule has 0 saturated carbocycles. The van der Waals surface area contributed by atoms with Gasteiger partial charge < -0.3 is 16.0 Å². The second-order valence-electron chi connectivity index (χ2n) is 4.85. The van der Waals surface area contributed by atoms with E-state index in [-0.39, 0.29) is 11.9 Å². The summed E-state index contributed by atoms with van der Waals surface area (Å²) in [6, 6.07) is 6.68.